The van der Waals surface area contributed by atoms with Gasteiger partial charge < -0.3 is 9.47 Å². The lowest BCUT2D eigenvalue weighted by Crippen LogP contribution is -2.31. The van der Waals surface area contributed by atoms with Crippen LogP contribution < -0.4 is 4.74 Å². The normalized spacial score (nSPS) is 25.3. The van der Waals surface area contributed by atoms with Crippen LogP contribution in [0, 0.1) is 23.2 Å². The molecule has 1 saturated carbocycles. The Hall–Kier alpha value is -1.53. The Kier molecular flexibility index (Phi) is 6.07. The van der Waals surface area contributed by atoms with Crippen molar-refractivity contribution >= 4 is 0 Å². The van der Waals surface area contributed by atoms with Crippen LogP contribution >= 0.6 is 0 Å². The van der Waals surface area contributed by atoms with Crippen molar-refractivity contribution in [1.82, 2.24) is 0 Å². The van der Waals surface area contributed by atoms with Crippen molar-refractivity contribution in [2.45, 2.75) is 51.7 Å². The Morgan fingerprint density at radius 3 is 2.90 bits per heavy atom. The Bertz CT molecular complexity index is 480. The summed E-state index contributed by atoms with van der Waals surface area (Å²) in [5, 5.41) is 9.31. The number of nitriles is 1. The molecule has 1 fully saturated rings. The minimum atomic E-state index is 0.0451. The molecular formula is C18H25NO2. The van der Waals surface area contributed by atoms with Crippen molar-refractivity contribution in [3.8, 4) is 11.8 Å². The van der Waals surface area contributed by atoms with Gasteiger partial charge in [0.05, 0.1) is 31.8 Å². The van der Waals surface area contributed by atoms with Gasteiger partial charge in [-0.05, 0) is 42.9 Å². The first kappa shape index (κ1) is 15.9. The number of ether oxygens (including phenoxy) is 2. The van der Waals surface area contributed by atoms with Crippen molar-refractivity contribution in [2.24, 2.45) is 11.8 Å². The molecule has 0 bridgehead atoms. The molecule has 1 aromatic carbocycles. The van der Waals surface area contributed by atoms with Gasteiger partial charge in [0.25, 0.3) is 0 Å². The van der Waals surface area contributed by atoms with Crippen molar-refractivity contribution < 1.29 is 9.47 Å². The number of methoxy groups -OCH3 is 1. The minimum Gasteiger partial charge on any atom is -0.497 e. The van der Waals surface area contributed by atoms with Gasteiger partial charge >= 0.3 is 0 Å². The maximum absolute atomic E-state index is 9.31. The first-order valence-corrected chi connectivity index (χ1v) is 7.91. The zero-order valence-corrected chi connectivity index (χ0v) is 13.0. The summed E-state index contributed by atoms with van der Waals surface area (Å²) in [5.41, 5.74) is 1.10. The Balaban J connectivity index is 1.93. The van der Waals surface area contributed by atoms with E-state index in [1.807, 2.05) is 24.3 Å². The number of rotatable bonds is 6. The van der Waals surface area contributed by atoms with Crippen LogP contribution in [-0.2, 0) is 11.3 Å². The molecule has 3 nitrogen and oxygen atoms in total. The number of hydrogen-bond donors (Lipinski definition) is 0. The number of nitrogens with zero attached hydrogens (tertiary/aromatic N) is 1. The summed E-state index contributed by atoms with van der Waals surface area (Å²) >= 11 is 0. The second-order valence-electron chi connectivity index (χ2n) is 5.90. The van der Waals surface area contributed by atoms with Gasteiger partial charge in [-0.15, -0.1) is 0 Å². The Labute approximate surface area is 127 Å². The van der Waals surface area contributed by atoms with Gasteiger partial charge in [0, 0.05) is 0 Å². The van der Waals surface area contributed by atoms with E-state index in [0.717, 1.165) is 30.1 Å². The van der Waals surface area contributed by atoms with E-state index in [1.54, 1.807) is 7.11 Å². The molecule has 3 unspecified atom stereocenters. The highest BCUT2D eigenvalue weighted by atomic mass is 16.5. The molecule has 114 valence electrons. The predicted molar refractivity (Wildman–Crippen MR) is 82.9 cm³/mol. The van der Waals surface area contributed by atoms with E-state index in [2.05, 4.69) is 13.0 Å². The van der Waals surface area contributed by atoms with E-state index < -0.39 is 0 Å². The molecule has 0 heterocycles. The second kappa shape index (κ2) is 8.05. The summed E-state index contributed by atoms with van der Waals surface area (Å²) < 4.78 is 11.3. The van der Waals surface area contributed by atoms with Crippen molar-refractivity contribution in [1.29, 1.82) is 5.26 Å². The molecule has 3 atom stereocenters. The van der Waals surface area contributed by atoms with Crippen LogP contribution in [-0.4, -0.2) is 13.2 Å². The van der Waals surface area contributed by atoms with E-state index in [1.165, 1.54) is 19.3 Å². The zero-order valence-electron chi connectivity index (χ0n) is 13.0. The summed E-state index contributed by atoms with van der Waals surface area (Å²) in [7, 11) is 1.67. The fraction of sp³-hybridized carbons (Fsp3) is 0.611. The molecule has 0 N–H and O–H groups in total. The highest BCUT2D eigenvalue weighted by molar-refractivity contribution is 5.27. The first-order valence-electron chi connectivity index (χ1n) is 7.91. The lowest BCUT2D eigenvalue weighted by molar-refractivity contribution is -0.0208. The average Bonchev–Trinajstić information content (AvgIpc) is 2.53. The van der Waals surface area contributed by atoms with Crippen molar-refractivity contribution in [3.05, 3.63) is 29.8 Å². The van der Waals surface area contributed by atoms with E-state index in [-0.39, 0.29) is 12.0 Å². The van der Waals surface area contributed by atoms with Crippen molar-refractivity contribution in [2.75, 3.05) is 7.11 Å². The molecule has 1 aromatic rings. The third-order valence-corrected chi connectivity index (χ3v) is 4.36. The average molecular weight is 287 g/mol. The van der Waals surface area contributed by atoms with Gasteiger partial charge in [-0.2, -0.15) is 5.26 Å². The van der Waals surface area contributed by atoms with Gasteiger partial charge in [-0.3, -0.25) is 0 Å². The molecule has 1 aliphatic carbocycles. The van der Waals surface area contributed by atoms with Gasteiger partial charge in [0.15, 0.2) is 0 Å². The zero-order chi connectivity index (χ0) is 15.1. The van der Waals surface area contributed by atoms with Gasteiger partial charge in [-0.25, -0.2) is 0 Å². The highest BCUT2D eigenvalue weighted by Crippen LogP contribution is 2.33. The standard InChI is InChI=1S/C18H25NO2/c1-3-5-14-8-9-16(12-19)18(11-14)21-13-15-6-4-7-17(10-15)20-2/h4,6-7,10,14,16,18H,3,5,8-9,11,13H2,1-2H3. The second-order valence-corrected chi connectivity index (χ2v) is 5.90. The summed E-state index contributed by atoms with van der Waals surface area (Å²) in [6.07, 6.45) is 5.71. The molecule has 0 amide bonds. The van der Waals surface area contributed by atoms with Gasteiger partial charge in [-0.1, -0.05) is 31.9 Å². The fourth-order valence-corrected chi connectivity index (χ4v) is 3.18. The minimum absolute atomic E-state index is 0.0451. The van der Waals surface area contributed by atoms with Gasteiger partial charge in [0.2, 0.25) is 0 Å². The summed E-state index contributed by atoms with van der Waals surface area (Å²) in [4.78, 5) is 0. The molecule has 0 saturated heterocycles. The van der Waals surface area contributed by atoms with Crippen LogP contribution in [0.5, 0.6) is 5.75 Å². The molecule has 0 radical (unpaired) electrons. The van der Waals surface area contributed by atoms with Crippen LogP contribution in [0.4, 0.5) is 0 Å². The quantitative estimate of drug-likeness (QED) is 0.782. The molecular weight excluding hydrogens is 262 g/mol. The highest BCUT2D eigenvalue weighted by Gasteiger charge is 2.30. The van der Waals surface area contributed by atoms with Crippen LogP contribution in [0.1, 0.15) is 44.6 Å². The van der Waals surface area contributed by atoms with Crippen LogP contribution in [0.25, 0.3) is 0 Å². The SMILES string of the molecule is CCCC1CCC(C#N)C(OCc2cccc(OC)c2)C1. The van der Waals surface area contributed by atoms with E-state index >= 15 is 0 Å². The third kappa shape index (κ3) is 4.47. The summed E-state index contributed by atoms with van der Waals surface area (Å²) in [5.74, 6) is 1.61. The smallest absolute Gasteiger partial charge is 0.119 e. The van der Waals surface area contributed by atoms with Crippen LogP contribution in [0.3, 0.4) is 0 Å². The lowest BCUT2D eigenvalue weighted by Gasteiger charge is -2.32. The van der Waals surface area contributed by atoms with E-state index in [4.69, 9.17) is 9.47 Å². The fourth-order valence-electron chi connectivity index (χ4n) is 3.18. The van der Waals surface area contributed by atoms with Crippen molar-refractivity contribution in [3.63, 3.8) is 0 Å². The number of hydrogen-bond acceptors (Lipinski definition) is 3. The molecule has 21 heavy (non-hydrogen) atoms. The molecule has 3 heteroatoms. The summed E-state index contributed by atoms with van der Waals surface area (Å²) in [6, 6.07) is 10.4. The Morgan fingerprint density at radius 2 is 2.19 bits per heavy atom. The molecule has 0 aromatic heterocycles. The predicted octanol–water partition coefficient (Wildman–Crippen LogP) is 4.32. The van der Waals surface area contributed by atoms with E-state index in [0.29, 0.717) is 6.61 Å². The molecule has 0 spiro atoms. The molecule has 2 rings (SSSR count). The van der Waals surface area contributed by atoms with Crippen LogP contribution in [0.2, 0.25) is 0 Å². The number of benzene rings is 1. The maximum atomic E-state index is 9.31. The summed E-state index contributed by atoms with van der Waals surface area (Å²) in [6.45, 7) is 2.78. The van der Waals surface area contributed by atoms with Gasteiger partial charge in [0.1, 0.15) is 5.75 Å². The lowest BCUT2D eigenvalue weighted by atomic mass is 9.78. The molecule has 1 aliphatic rings. The van der Waals surface area contributed by atoms with Crippen LogP contribution in [0.15, 0.2) is 24.3 Å². The first-order chi connectivity index (χ1) is 10.3. The largest absolute Gasteiger partial charge is 0.497 e. The maximum Gasteiger partial charge on any atom is 0.119 e. The van der Waals surface area contributed by atoms with E-state index in [9.17, 15) is 5.26 Å². The molecule has 0 aliphatic heterocycles. The monoisotopic (exact) mass is 287 g/mol. The Morgan fingerprint density at radius 1 is 1.33 bits per heavy atom. The topological polar surface area (TPSA) is 42.2 Å². The third-order valence-electron chi connectivity index (χ3n) is 4.36.